The summed E-state index contributed by atoms with van der Waals surface area (Å²) in [6.07, 6.45) is -18.1. The van der Waals surface area contributed by atoms with E-state index < -0.39 is 60.5 Å². The van der Waals surface area contributed by atoms with Gasteiger partial charge in [0.15, 0.2) is 0 Å². The lowest BCUT2D eigenvalue weighted by Gasteiger charge is -2.47. The lowest BCUT2D eigenvalue weighted by atomic mass is 9.60. The van der Waals surface area contributed by atoms with E-state index in [1.165, 1.54) is 20.8 Å². The molecule has 22 heavy (non-hydrogen) atoms. The second-order valence-corrected chi connectivity index (χ2v) is 6.90. The molecule has 0 aromatic heterocycles. The van der Waals surface area contributed by atoms with Gasteiger partial charge >= 0.3 is 18.5 Å². The highest BCUT2D eigenvalue weighted by Gasteiger charge is 2.66. The Kier molecular flexibility index (Phi) is 4.83. The Balaban J connectivity index is 3.36. The van der Waals surface area contributed by atoms with E-state index in [9.17, 15) is 39.5 Å². The van der Waals surface area contributed by atoms with Crippen LogP contribution in [-0.2, 0) is 0 Å². The van der Waals surface area contributed by atoms with Gasteiger partial charge in [0, 0.05) is 0 Å². The lowest BCUT2D eigenvalue weighted by molar-refractivity contribution is -0.319. The predicted octanol–water partition coefficient (Wildman–Crippen LogP) is 5.98. The van der Waals surface area contributed by atoms with Crippen molar-refractivity contribution in [1.29, 1.82) is 0 Å². The van der Waals surface area contributed by atoms with E-state index in [4.69, 9.17) is 0 Å². The molecule has 1 aliphatic carbocycles. The van der Waals surface area contributed by atoms with Gasteiger partial charge < -0.3 is 0 Å². The highest BCUT2D eigenvalue weighted by atomic mass is 19.4. The van der Waals surface area contributed by atoms with Crippen molar-refractivity contribution in [3.05, 3.63) is 0 Å². The average Bonchev–Trinajstić information content (AvgIpc) is 2.22. The summed E-state index contributed by atoms with van der Waals surface area (Å²) < 4.78 is 117. The Morgan fingerprint density at radius 3 is 1.09 bits per heavy atom. The van der Waals surface area contributed by atoms with E-state index in [1.54, 1.807) is 0 Å². The van der Waals surface area contributed by atoms with E-state index in [-0.39, 0.29) is 0 Å². The van der Waals surface area contributed by atoms with Crippen molar-refractivity contribution >= 4 is 0 Å². The molecule has 1 fully saturated rings. The molecule has 0 amide bonds. The molecular formula is C13H17F9. The van der Waals surface area contributed by atoms with Gasteiger partial charge in [-0.1, -0.05) is 20.8 Å². The van der Waals surface area contributed by atoms with Gasteiger partial charge in [0.25, 0.3) is 0 Å². The van der Waals surface area contributed by atoms with Crippen molar-refractivity contribution in [1.82, 2.24) is 0 Å². The zero-order valence-corrected chi connectivity index (χ0v) is 12.1. The minimum Gasteiger partial charge on any atom is -0.171 e. The summed E-state index contributed by atoms with van der Waals surface area (Å²) >= 11 is 0. The Hall–Kier alpha value is -0.630. The van der Waals surface area contributed by atoms with E-state index in [2.05, 4.69) is 0 Å². The van der Waals surface area contributed by atoms with Gasteiger partial charge in [0.05, 0.1) is 17.8 Å². The van der Waals surface area contributed by atoms with Crippen LogP contribution in [0.3, 0.4) is 0 Å². The molecule has 0 aromatic carbocycles. The highest BCUT2D eigenvalue weighted by Crippen LogP contribution is 2.58. The molecular weight excluding hydrogens is 327 g/mol. The van der Waals surface area contributed by atoms with Crippen molar-refractivity contribution in [2.24, 2.45) is 29.1 Å². The van der Waals surface area contributed by atoms with Crippen LogP contribution in [0.5, 0.6) is 0 Å². The van der Waals surface area contributed by atoms with Crippen molar-refractivity contribution in [2.75, 3.05) is 0 Å². The number of hydrogen-bond donors (Lipinski definition) is 0. The van der Waals surface area contributed by atoms with E-state index in [0.29, 0.717) is 0 Å². The molecule has 1 saturated carbocycles. The number of alkyl halides is 9. The first kappa shape index (κ1) is 19.4. The zero-order chi connectivity index (χ0) is 17.7. The van der Waals surface area contributed by atoms with Gasteiger partial charge in [-0.15, -0.1) is 0 Å². The maximum atomic E-state index is 13.0. The van der Waals surface area contributed by atoms with Gasteiger partial charge in [0.2, 0.25) is 0 Å². The van der Waals surface area contributed by atoms with Crippen LogP contribution >= 0.6 is 0 Å². The standard InChI is InChI=1S/C13H17F9/c1-10(2,3)6-4-7(11(14,15)16)9(13(20,21)22)8(5-6)12(17,18)19/h6-9H,4-5H2,1-3H3. The van der Waals surface area contributed by atoms with Crippen molar-refractivity contribution in [2.45, 2.75) is 52.1 Å². The molecule has 0 aliphatic heterocycles. The van der Waals surface area contributed by atoms with Gasteiger partial charge in [-0.05, 0) is 24.2 Å². The fourth-order valence-corrected chi connectivity index (χ4v) is 3.12. The van der Waals surface area contributed by atoms with Crippen LogP contribution in [0, 0.1) is 29.1 Å². The summed E-state index contributed by atoms with van der Waals surface area (Å²) in [6, 6.07) is 0. The number of hydrogen-bond acceptors (Lipinski definition) is 0. The topological polar surface area (TPSA) is 0 Å². The second kappa shape index (κ2) is 5.47. The Morgan fingerprint density at radius 2 is 0.909 bits per heavy atom. The van der Waals surface area contributed by atoms with Crippen molar-refractivity contribution in [3.63, 3.8) is 0 Å². The quantitative estimate of drug-likeness (QED) is 0.474. The molecule has 2 atom stereocenters. The smallest absolute Gasteiger partial charge is 0.171 e. The molecule has 0 saturated heterocycles. The first-order chi connectivity index (χ1) is 9.45. The molecule has 0 radical (unpaired) electrons. The average molecular weight is 344 g/mol. The third-order valence-corrected chi connectivity index (χ3v) is 4.39. The second-order valence-electron chi connectivity index (χ2n) is 6.90. The van der Waals surface area contributed by atoms with E-state index >= 15 is 0 Å². The van der Waals surface area contributed by atoms with Crippen LogP contribution in [0.2, 0.25) is 0 Å². The van der Waals surface area contributed by atoms with Gasteiger partial charge in [-0.2, -0.15) is 39.5 Å². The molecule has 0 nitrogen and oxygen atoms in total. The molecule has 1 rings (SSSR count). The van der Waals surface area contributed by atoms with Crippen molar-refractivity contribution in [3.8, 4) is 0 Å². The van der Waals surface area contributed by atoms with E-state index in [1.807, 2.05) is 0 Å². The molecule has 1 aliphatic rings. The molecule has 132 valence electrons. The first-order valence-electron chi connectivity index (χ1n) is 6.66. The molecule has 2 unspecified atom stereocenters. The molecule has 0 N–H and O–H groups in total. The molecule has 9 heteroatoms. The van der Waals surface area contributed by atoms with Crippen LogP contribution in [-0.4, -0.2) is 18.5 Å². The molecule has 0 aromatic rings. The summed E-state index contributed by atoms with van der Waals surface area (Å²) in [5.41, 5.74) is -0.941. The summed E-state index contributed by atoms with van der Waals surface area (Å²) in [5, 5.41) is 0. The molecule has 0 spiro atoms. The number of rotatable bonds is 0. The Labute approximate surface area is 122 Å². The van der Waals surface area contributed by atoms with Crippen LogP contribution < -0.4 is 0 Å². The highest BCUT2D eigenvalue weighted by molar-refractivity contribution is 4.97. The summed E-state index contributed by atoms with van der Waals surface area (Å²) in [5.74, 6) is -10.6. The maximum Gasteiger partial charge on any atom is 0.393 e. The predicted molar refractivity (Wildman–Crippen MR) is 60.8 cm³/mol. The van der Waals surface area contributed by atoms with Crippen LogP contribution in [0.4, 0.5) is 39.5 Å². The Bertz CT molecular complexity index is 358. The SMILES string of the molecule is CC(C)(C)C1CC(C(F)(F)F)C(C(F)(F)F)C(C(F)(F)F)C1. The van der Waals surface area contributed by atoms with E-state index in [0.717, 1.165) is 0 Å². The lowest BCUT2D eigenvalue weighted by Crippen LogP contribution is -2.53. The van der Waals surface area contributed by atoms with Crippen LogP contribution in [0.25, 0.3) is 0 Å². The Morgan fingerprint density at radius 1 is 0.591 bits per heavy atom. The molecule has 0 heterocycles. The normalized spacial score (nSPS) is 32.2. The summed E-state index contributed by atoms with van der Waals surface area (Å²) in [6.45, 7) is 4.31. The summed E-state index contributed by atoms with van der Waals surface area (Å²) in [7, 11) is 0. The summed E-state index contributed by atoms with van der Waals surface area (Å²) in [4.78, 5) is 0. The molecule has 0 bridgehead atoms. The van der Waals surface area contributed by atoms with Gasteiger partial charge in [-0.3, -0.25) is 0 Å². The van der Waals surface area contributed by atoms with Crippen LogP contribution in [0.15, 0.2) is 0 Å². The number of halogens is 9. The largest absolute Gasteiger partial charge is 0.393 e. The first-order valence-corrected chi connectivity index (χ1v) is 6.66. The van der Waals surface area contributed by atoms with Gasteiger partial charge in [-0.25, -0.2) is 0 Å². The minimum absolute atomic E-state index is 0.941. The fourth-order valence-electron chi connectivity index (χ4n) is 3.12. The third-order valence-electron chi connectivity index (χ3n) is 4.39. The van der Waals surface area contributed by atoms with Crippen molar-refractivity contribution < 1.29 is 39.5 Å². The monoisotopic (exact) mass is 344 g/mol. The maximum absolute atomic E-state index is 13.0. The third kappa shape index (κ3) is 4.22. The fraction of sp³-hybridized carbons (Fsp3) is 1.00. The minimum atomic E-state index is -5.55. The van der Waals surface area contributed by atoms with Crippen LogP contribution in [0.1, 0.15) is 33.6 Å². The van der Waals surface area contributed by atoms with Gasteiger partial charge in [0.1, 0.15) is 0 Å². The zero-order valence-electron chi connectivity index (χ0n) is 12.1.